The Labute approximate surface area is 200 Å². The number of ether oxygens (including phenoxy) is 1. The van der Waals surface area contributed by atoms with Gasteiger partial charge in [-0.15, -0.1) is 0 Å². The number of hydrogen-bond acceptors (Lipinski definition) is 8. The fourth-order valence-electron chi connectivity index (χ4n) is 3.29. The van der Waals surface area contributed by atoms with Crippen LogP contribution in [0.2, 0.25) is 0 Å². The molecular weight excluding hydrogens is 458 g/mol. The second kappa shape index (κ2) is 10.7. The van der Waals surface area contributed by atoms with Gasteiger partial charge in [-0.1, -0.05) is 53.7 Å². The van der Waals surface area contributed by atoms with Crippen LogP contribution < -0.4 is 17.0 Å². The Hall–Kier alpha value is -3.44. The van der Waals surface area contributed by atoms with Gasteiger partial charge in [0.05, 0.1) is 13.7 Å². The second-order valence-electron chi connectivity index (χ2n) is 7.92. The normalized spacial score (nSPS) is 11.9. The van der Waals surface area contributed by atoms with Gasteiger partial charge in [-0.05, 0) is 13.8 Å². The van der Waals surface area contributed by atoms with Crippen molar-refractivity contribution >= 4 is 34.7 Å². The highest BCUT2D eigenvalue weighted by molar-refractivity contribution is 7.99. The minimum atomic E-state index is -0.879. The molecule has 0 aliphatic rings. The topological polar surface area (TPSA) is 131 Å². The molecule has 3 rings (SSSR count). The van der Waals surface area contributed by atoms with Gasteiger partial charge in [-0.2, -0.15) is 0 Å². The van der Waals surface area contributed by atoms with Crippen LogP contribution in [0.5, 0.6) is 0 Å². The first kappa shape index (κ1) is 25.2. The van der Waals surface area contributed by atoms with E-state index in [1.165, 1.54) is 30.5 Å². The number of carbonyl (C=O) groups excluding carboxylic acids is 2. The Balaban J connectivity index is 2.13. The molecule has 0 bridgehead atoms. The summed E-state index contributed by atoms with van der Waals surface area (Å²) in [6, 6.07) is 7.60. The minimum absolute atomic E-state index is 0.166. The number of imidazole rings is 1. The number of thioether (sulfide) groups is 1. The standard InChI is InChI=1S/C23H27N5O5S/c1-14(2)10-11-27-18-19(25-22(27)34-13-16(24)21(31)33-4)26(3)23(32)28(20(18)30)12-17(29)15-8-6-5-7-9-15/h5-10,16H,11-13,24H2,1-4H3. The van der Waals surface area contributed by atoms with Crippen LogP contribution in [0.15, 0.2) is 56.7 Å². The molecule has 1 aromatic carbocycles. The molecular formula is C23H27N5O5S. The van der Waals surface area contributed by atoms with Gasteiger partial charge in [0, 0.05) is 24.9 Å². The lowest BCUT2D eigenvalue weighted by molar-refractivity contribution is -0.141. The van der Waals surface area contributed by atoms with E-state index in [-0.39, 0.29) is 22.7 Å². The second-order valence-corrected chi connectivity index (χ2v) is 8.91. The maximum absolute atomic E-state index is 13.4. The van der Waals surface area contributed by atoms with E-state index in [9.17, 15) is 19.2 Å². The number of ketones is 1. The van der Waals surface area contributed by atoms with E-state index in [0.29, 0.717) is 17.3 Å². The van der Waals surface area contributed by atoms with Crippen molar-refractivity contribution in [3.05, 3.63) is 68.4 Å². The minimum Gasteiger partial charge on any atom is -0.468 e. The lowest BCUT2D eigenvalue weighted by Crippen LogP contribution is -2.41. The van der Waals surface area contributed by atoms with Gasteiger partial charge < -0.3 is 15.0 Å². The van der Waals surface area contributed by atoms with Crippen molar-refractivity contribution in [3.63, 3.8) is 0 Å². The zero-order chi connectivity index (χ0) is 25.0. The number of benzene rings is 1. The molecule has 11 heteroatoms. The quantitative estimate of drug-likeness (QED) is 0.208. The van der Waals surface area contributed by atoms with Crippen molar-refractivity contribution in [1.82, 2.24) is 18.7 Å². The van der Waals surface area contributed by atoms with Crippen LogP contribution in [0.1, 0.15) is 24.2 Å². The number of aryl methyl sites for hydroxylation is 1. The molecule has 180 valence electrons. The average Bonchev–Trinajstić information content (AvgIpc) is 3.20. The number of methoxy groups -OCH3 is 1. The molecule has 0 saturated heterocycles. The summed E-state index contributed by atoms with van der Waals surface area (Å²) in [6.07, 6.45) is 1.91. The summed E-state index contributed by atoms with van der Waals surface area (Å²) in [4.78, 5) is 55.4. The number of nitrogens with two attached hydrogens (primary N) is 1. The molecule has 0 spiro atoms. The first-order chi connectivity index (χ1) is 16.1. The Kier molecular flexibility index (Phi) is 7.90. The van der Waals surface area contributed by atoms with Crippen molar-refractivity contribution in [1.29, 1.82) is 0 Å². The average molecular weight is 486 g/mol. The van der Waals surface area contributed by atoms with Gasteiger partial charge in [0.25, 0.3) is 5.56 Å². The molecule has 34 heavy (non-hydrogen) atoms. The number of esters is 1. The number of Topliss-reactive ketones (excluding diaryl/α,β-unsaturated/α-hetero) is 1. The zero-order valence-electron chi connectivity index (χ0n) is 19.5. The van der Waals surface area contributed by atoms with Crippen LogP contribution in [-0.2, 0) is 29.7 Å². The molecule has 0 aliphatic carbocycles. The van der Waals surface area contributed by atoms with E-state index in [1.807, 2.05) is 19.9 Å². The maximum Gasteiger partial charge on any atom is 0.332 e. The van der Waals surface area contributed by atoms with Crippen LogP contribution in [-0.4, -0.2) is 49.3 Å². The third-order valence-electron chi connectivity index (χ3n) is 5.17. The molecule has 2 aromatic heterocycles. The maximum atomic E-state index is 13.4. The third kappa shape index (κ3) is 5.20. The van der Waals surface area contributed by atoms with Crippen molar-refractivity contribution in [2.24, 2.45) is 12.8 Å². The molecule has 3 aromatic rings. The van der Waals surface area contributed by atoms with Gasteiger partial charge in [0.15, 0.2) is 22.1 Å². The van der Waals surface area contributed by atoms with Crippen molar-refractivity contribution in [2.45, 2.75) is 38.1 Å². The summed E-state index contributed by atoms with van der Waals surface area (Å²) in [5, 5.41) is 0.422. The van der Waals surface area contributed by atoms with E-state index in [4.69, 9.17) is 5.73 Å². The number of hydrogen-bond donors (Lipinski definition) is 1. The van der Waals surface area contributed by atoms with Crippen molar-refractivity contribution in [2.75, 3.05) is 12.9 Å². The number of allylic oxidation sites excluding steroid dienone is 2. The Morgan fingerprint density at radius 1 is 1.18 bits per heavy atom. The van der Waals surface area contributed by atoms with E-state index < -0.39 is 29.8 Å². The van der Waals surface area contributed by atoms with E-state index in [2.05, 4.69) is 9.72 Å². The lowest BCUT2D eigenvalue weighted by atomic mass is 10.1. The molecule has 0 saturated carbocycles. The van der Waals surface area contributed by atoms with Crippen LogP contribution in [0, 0.1) is 0 Å². The summed E-state index contributed by atoms with van der Waals surface area (Å²) in [5.41, 5.74) is 6.41. The number of carbonyl (C=O) groups is 2. The molecule has 1 atom stereocenters. The van der Waals surface area contributed by atoms with Crippen LogP contribution in [0.3, 0.4) is 0 Å². The van der Waals surface area contributed by atoms with Gasteiger partial charge >= 0.3 is 11.7 Å². The lowest BCUT2D eigenvalue weighted by Gasteiger charge is -2.11. The smallest absolute Gasteiger partial charge is 0.332 e. The van der Waals surface area contributed by atoms with Crippen molar-refractivity contribution in [3.8, 4) is 0 Å². The third-order valence-corrected chi connectivity index (χ3v) is 6.27. The number of aromatic nitrogens is 4. The summed E-state index contributed by atoms with van der Waals surface area (Å²) in [5.74, 6) is -0.749. The monoisotopic (exact) mass is 485 g/mol. The Bertz CT molecular complexity index is 1370. The van der Waals surface area contributed by atoms with Gasteiger partial charge in [0.2, 0.25) is 0 Å². The highest BCUT2D eigenvalue weighted by atomic mass is 32.2. The van der Waals surface area contributed by atoms with Gasteiger partial charge in [-0.3, -0.25) is 23.5 Å². The predicted molar refractivity (Wildman–Crippen MR) is 130 cm³/mol. The van der Waals surface area contributed by atoms with Gasteiger partial charge in [0.1, 0.15) is 6.04 Å². The van der Waals surface area contributed by atoms with E-state index in [1.54, 1.807) is 34.9 Å². The van der Waals surface area contributed by atoms with Crippen LogP contribution >= 0.6 is 11.8 Å². The van der Waals surface area contributed by atoms with E-state index in [0.717, 1.165) is 10.1 Å². The molecule has 2 N–H and O–H groups in total. The fraction of sp³-hybridized carbons (Fsp3) is 0.348. The first-order valence-corrected chi connectivity index (χ1v) is 11.5. The Morgan fingerprint density at radius 3 is 2.47 bits per heavy atom. The molecule has 0 fully saturated rings. The first-order valence-electron chi connectivity index (χ1n) is 10.5. The largest absolute Gasteiger partial charge is 0.468 e. The molecule has 0 aliphatic heterocycles. The fourth-order valence-corrected chi connectivity index (χ4v) is 4.22. The number of rotatable bonds is 9. The molecule has 10 nitrogen and oxygen atoms in total. The van der Waals surface area contributed by atoms with Crippen molar-refractivity contribution < 1.29 is 14.3 Å². The Morgan fingerprint density at radius 2 is 1.85 bits per heavy atom. The molecule has 0 amide bonds. The van der Waals surface area contributed by atoms with E-state index >= 15 is 0 Å². The van der Waals surface area contributed by atoms with Crippen LogP contribution in [0.25, 0.3) is 11.2 Å². The summed E-state index contributed by atoms with van der Waals surface area (Å²) < 4.78 is 8.51. The summed E-state index contributed by atoms with van der Waals surface area (Å²) >= 11 is 1.18. The highest BCUT2D eigenvalue weighted by Crippen LogP contribution is 2.22. The molecule has 2 heterocycles. The molecule has 0 radical (unpaired) electrons. The summed E-state index contributed by atoms with van der Waals surface area (Å²) in [7, 11) is 2.76. The van der Waals surface area contributed by atoms with Gasteiger partial charge in [-0.25, -0.2) is 9.78 Å². The predicted octanol–water partition coefficient (Wildman–Crippen LogP) is 1.34. The number of nitrogens with zero attached hydrogens (tertiary/aromatic N) is 4. The summed E-state index contributed by atoms with van der Waals surface area (Å²) in [6.45, 7) is 3.76. The number of fused-ring (bicyclic) bond motifs is 1. The zero-order valence-corrected chi connectivity index (χ0v) is 20.3. The van der Waals surface area contributed by atoms with Crippen LogP contribution in [0.4, 0.5) is 0 Å². The molecule has 1 unspecified atom stereocenters. The SMILES string of the molecule is COC(=O)C(N)CSc1nc2c(c(=O)n(CC(=O)c3ccccc3)c(=O)n2C)n1CC=C(C)C. The highest BCUT2D eigenvalue weighted by Gasteiger charge is 2.23.